The lowest BCUT2D eigenvalue weighted by Gasteiger charge is -2.06. The summed E-state index contributed by atoms with van der Waals surface area (Å²) in [5.41, 5.74) is 2.43. The van der Waals surface area contributed by atoms with Crippen LogP contribution in [0, 0.1) is 0 Å². The Balaban J connectivity index is 0.000000401. The summed E-state index contributed by atoms with van der Waals surface area (Å²) in [5, 5.41) is 16.1. The third-order valence-corrected chi connectivity index (χ3v) is 2.45. The van der Waals surface area contributed by atoms with Gasteiger partial charge in [-0.15, -0.1) is 0 Å². The Hall–Kier alpha value is -2.66. The average Bonchev–Trinajstić information content (AvgIpc) is 2.82. The molecule has 0 spiro atoms. The van der Waals surface area contributed by atoms with Gasteiger partial charge in [-0.3, -0.25) is 26.2 Å². The second kappa shape index (κ2) is 10.2. The minimum absolute atomic E-state index is 0.148. The van der Waals surface area contributed by atoms with Crippen molar-refractivity contribution in [2.45, 2.75) is 25.6 Å². The fourth-order valence-electron chi connectivity index (χ4n) is 1.44. The summed E-state index contributed by atoms with van der Waals surface area (Å²) in [6.45, 7) is 0.359. The van der Waals surface area contributed by atoms with E-state index >= 15 is 0 Å². The first-order chi connectivity index (χ1) is 11.1. The van der Waals surface area contributed by atoms with Crippen LogP contribution in [0.2, 0.25) is 0 Å². The van der Waals surface area contributed by atoms with Crippen LogP contribution in [0.3, 0.4) is 0 Å². The Morgan fingerprint density at radius 1 is 1.12 bits per heavy atom. The van der Waals surface area contributed by atoms with Gasteiger partial charge in [0.15, 0.2) is 0 Å². The van der Waals surface area contributed by atoms with Gasteiger partial charge in [0.1, 0.15) is 0 Å². The number of hydrogen-bond acceptors (Lipinski definition) is 5. The van der Waals surface area contributed by atoms with Crippen molar-refractivity contribution in [1.82, 2.24) is 10.7 Å². The monoisotopic (exact) mass is 351 g/mol. The number of carbonyl (C=O) groups excluding carboxylic acids is 2. The molecule has 24 heavy (non-hydrogen) atoms. The predicted octanol–water partition coefficient (Wildman–Crippen LogP) is 1.31. The molecule has 0 radical (unpaired) electrons. The van der Waals surface area contributed by atoms with Gasteiger partial charge in [0.2, 0.25) is 11.8 Å². The van der Waals surface area contributed by atoms with Gasteiger partial charge >= 0.3 is 12.3 Å². The molecular formula is C13H16F3N3O5. The molecule has 1 heterocycles. The topological polar surface area (TPSA) is 142 Å². The van der Waals surface area contributed by atoms with Crippen LogP contribution in [-0.2, 0) is 22.3 Å². The highest BCUT2D eigenvalue weighted by atomic mass is 19.4. The fourth-order valence-corrected chi connectivity index (χ4v) is 1.44. The van der Waals surface area contributed by atoms with Crippen molar-refractivity contribution < 1.29 is 37.8 Å². The fraction of sp³-hybridized carbons (Fsp3) is 0.308. The Labute approximate surface area is 134 Å². The highest BCUT2D eigenvalue weighted by Gasteiger charge is 2.29. The second-order valence-electron chi connectivity index (χ2n) is 4.33. The Morgan fingerprint density at radius 3 is 1.79 bits per heavy atom. The van der Waals surface area contributed by atoms with Gasteiger partial charge in [-0.2, -0.15) is 13.2 Å². The van der Waals surface area contributed by atoms with Gasteiger partial charge in [0, 0.05) is 19.4 Å². The molecule has 0 aliphatic carbocycles. The van der Waals surface area contributed by atoms with Crippen LogP contribution in [0.1, 0.15) is 24.0 Å². The van der Waals surface area contributed by atoms with E-state index in [1.54, 1.807) is 0 Å². The first-order valence-electron chi connectivity index (χ1n) is 6.40. The van der Waals surface area contributed by atoms with Gasteiger partial charge in [-0.1, -0.05) is 12.1 Å². The summed E-state index contributed by atoms with van der Waals surface area (Å²) < 4.78 is 36.2. The van der Waals surface area contributed by atoms with E-state index in [9.17, 15) is 22.8 Å². The van der Waals surface area contributed by atoms with Crippen molar-refractivity contribution in [3.8, 4) is 0 Å². The molecule has 0 atom stereocenters. The molecule has 0 saturated carbocycles. The van der Waals surface area contributed by atoms with Crippen LogP contribution in [0.4, 0.5) is 18.0 Å². The van der Waals surface area contributed by atoms with E-state index in [-0.39, 0.29) is 11.8 Å². The summed E-state index contributed by atoms with van der Waals surface area (Å²) in [6.07, 6.45) is -5.35. The number of imide groups is 1. The summed E-state index contributed by atoms with van der Waals surface area (Å²) in [4.78, 5) is 28.8. The number of hydrazine groups is 1. The summed E-state index contributed by atoms with van der Waals surface area (Å²) in [5.74, 6) is 4.72. The Morgan fingerprint density at radius 2 is 1.54 bits per heavy atom. The molecule has 1 saturated heterocycles. The maximum absolute atomic E-state index is 12.1. The zero-order valence-electron chi connectivity index (χ0n) is 12.3. The van der Waals surface area contributed by atoms with Crippen molar-refractivity contribution in [2.24, 2.45) is 5.84 Å². The molecule has 0 bridgehead atoms. The molecule has 6 N–H and O–H groups in total. The molecule has 11 heteroatoms. The van der Waals surface area contributed by atoms with E-state index in [4.69, 9.17) is 20.9 Å². The maximum Gasteiger partial charge on any atom is 0.503 e. The number of hydrogen-bond donors (Lipinski definition) is 5. The van der Waals surface area contributed by atoms with Crippen LogP contribution in [0.25, 0.3) is 0 Å². The number of alkyl halides is 3. The predicted molar refractivity (Wildman–Crippen MR) is 75.5 cm³/mol. The van der Waals surface area contributed by atoms with Crippen LogP contribution in [0.15, 0.2) is 24.3 Å². The smallest absolute Gasteiger partial charge is 0.450 e. The lowest BCUT2D eigenvalue weighted by Crippen LogP contribution is -2.20. The number of rotatable bonds is 2. The highest BCUT2D eigenvalue weighted by molar-refractivity contribution is 6.01. The Bertz CT molecular complexity index is 543. The molecule has 1 aliphatic rings. The first-order valence-corrected chi connectivity index (χ1v) is 6.40. The van der Waals surface area contributed by atoms with Crippen molar-refractivity contribution >= 4 is 18.0 Å². The molecule has 134 valence electrons. The van der Waals surface area contributed by atoms with Crippen LogP contribution >= 0.6 is 0 Å². The highest BCUT2D eigenvalue weighted by Crippen LogP contribution is 2.28. The van der Waals surface area contributed by atoms with E-state index < -0.39 is 17.9 Å². The van der Waals surface area contributed by atoms with E-state index in [0.29, 0.717) is 19.4 Å². The van der Waals surface area contributed by atoms with Gasteiger partial charge in [0.05, 0.1) is 5.56 Å². The molecule has 0 aromatic heterocycles. The summed E-state index contributed by atoms with van der Waals surface area (Å²) >= 11 is 0. The SMILES string of the molecule is NNCc1ccc(C(F)(F)F)cc1.O=C(O)O.O=C1CCC(=O)N1. The average molecular weight is 351 g/mol. The standard InChI is InChI=1S/C8H9F3N2.C4H5NO2.CH2O3/c9-8(10,11)7-3-1-6(2-4-7)5-13-12;6-3-1-2-4(7)5-3;2-1(3)4/h1-4,13H,5,12H2;1-2H2,(H,5,6,7);(H2,2,3,4). The van der Waals surface area contributed by atoms with E-state index in [2.05, 4.69) is 10.7 Å². The van der Waals surface area contributed by atoms with Crippen molar-refractivity contribution in [2.75, 3.05) is 0 Å². The minimum Gasteiger partial charge on any atom is -0.450 e. The van der Waals surface area contributed by atoms with Crippen molar-refractivity contribution in [3.05, 3.63) is 35.4 Å². The third kappa shape index (κ3) is 10.1. The van der Waals surface area contributed by atoms with E-state index in [1.165, 1.54) is 12.1 Å². The lowest BCUT2D eigenvalue weighted by molar-refractivity contribution is -0.137. The normalized spacial score (nSPS) is 13.2. The molecular weight excluding hydrogens is 335 g/mol. The number of nitrogens with two attached hydrogens (primary N) is 1. The lowest BCUT2D eigenvalue weighted by atomic mass is 10.1. The van der Waals surface area contributed by atoms with E-state index in [1.807, 2.05) is 0 Å². The molecule has 1 fully saturated rings. The zero-order valence-corrected chi connectivity index (χ0v) is 12.3. The number of benzene rings is 1. The molecule has 8 nitrogen and oxygen atoms in total. The number of nitrogens with one attached hydrogen (secondary N) is 2. The summed E-state index contributed by atoms with van der Waals surface area (Å²) in [6, 6.07) is 4.85. The van der Waals surface area contributed by atoms with Crippen LogP contribution < -0.4 is 16.6 Å². The van der Waals surface area contributed by atoms with Crippen molar-refractivity contribution in [3.63, 3.8) is 0 Å². The second-order valence-corrected chi connectivity index (χ2v) is 4.33. The van der Waals surface area contributed by atoms with E-state index in [0.717, 1.165) is 17.7 Å². The molecule has 1 aromatic carbocycles. The molecule has 1 aliphatic heterocycles. The molecule has 0 unspecified atom stereocenters. The number of amides is 2. The molecule has 1 aromatic rings. The Kier molecular flexibility index (Phi) is 9.05. The van der Waals surface area contributed by atoms with Crippen molar-refractivity contribution in [1.29, 1.82) is 0 Å². The quantitative estimate of drug-likeness (QED) is 0.307. The minimum atomic E-state index is -4.27. The molecule has 2 rings (SSSR count). The number of carbonyl (C=O) groups is 3. The largest absolute Gasteiger partial charge is 0.503 e. The van der Waals surface area contributed by atoms with Crippen LogP contribution in [-0.4, -0.2) is 28.2 Å². The van der Waals surface area contributed by atoms with Crippen LogP contribution in [0.5, 0.6) is 0 Å². The first kappa shape index (κ1) is 21.3. The maximum atomic E-state index is 12.1. The zero-order chi connectivity index (χ0) is 18.8. The van der Waals surface area contributed by atoms with Gasteiger partial charge < -0.3 is 10.2 Å². The van der Waals surface area contributed by atoms with Gasteiger partial charge in [0.25, 0.3) is 0 Å². The van der Waals surface area contributed by atoms with Gasteiger partial charge in [-0.05, 0) is 17.7 Å². The third-order valence-electron chi connectivity index (χ3n) is 2.45. The number of halogens is 3. The molecule has 2 amide bonds. The number of carboxylic acid groups (broad SMARTS) is 2. The summed E-state index contributed by atoms with van der Waals surface area (Å²) in [7, 11) is 0. The van der Waals surface area contributed by atoms with Gasteiger partial charge in [-0.25, -0.2) is 4.79 Å².